The summed E-state index contributed by atoms with van der Waals surface area (Å²) in [6.07, 6.45) is -3.11. The third kappa shape index (κ3) is 8.48. The Hall–Kier alpha value is -2.38. The highest BCUT2D eigenvalue weighted by Crippen LogP contribution is 2.20. The number of halogens is 3. The summed E-state index contributed by atoms with van der Waals surface area (Å²) in [7, 11) is -3.30. The third-order valence-corrected chi connectivity index (χ3v) is 6.65. The maximum atomic E-state index is 12.7. The summed E-state index contributed by atoms with van der Waals surface area (Å²) < 4.78 is 62.8. The van der Waals surface area contributed by atoms with Gasteiger partial charge in [-0.3, -0.25) is 14.4 Å². The van der Waals surface area contributed by atoms with Gasteiger partial charge in [0.1, 0.15) is 0 Å². The lowest BCUT2D eigenvalue weighted by Crippen LogP contribution is -2.50. The summed E-state index contributed by atoms with van der Waals surface area (Å²) in [5.41, 5.74) is 1.07. The molecular formula is C20H28F3N3O6S. The van der Waals surface area contributed by atoms with Crippen LogP contribution >= 0.6 is 0 Å². The average Bonchev–Trinajstić information content (AvgIpc) is 2.79. The first-order valence-corrected chi connectivity index (χ1v) is 12.1. The van der Waals surface area contributed by atoms with Crippen LogP contribution in [0.5, 0.6) is 0 Å². The molecule has 1 amide bonds. The highest BCUT2D eigenvalue weighted by Gasteiger charge is 2.38. The molecule has 186 valence electrons. The Morgan fingerprint density at radius 1 is 1.09 bits per heavy atom. The molecule has 0 aromatic heterocycles. The van der Waals surface area contributed by atoms with Gasteiger partial charge in [-0.05, 0) is 44.0 Å². The standard InChI is InChI=1S/C18H27N3O4S.C2HF3O2/c1-2-26(23,24)19-16-5-3-15(4-6-16)18(22)21-9-7-17(8-10-21)20-11-13-25-14-12-20;3-2(4,5)1(6)7/h3-6,17,19H,2,7-14H2,1H3;(H,6,7). The van der Waals surface area contributed by atoms with Gasteiger partial charge in [0.2, 0.25) is 10.0 Å². The molecule has 9 nitrogen and oxygen atoms in total. The first kappa shape index (κ1) is 26.9. The van der Waals surface area contributed by atoms with E-state index in [0.29, 0.717) is 17.3 Å². The molecule has 0 bridgehead atoms. The Morgan fingerprint density at radius 3 is 2.06 bits per heavy atom. The van der Waals surface area contributed by atoms with Gasteiger partial charge in [-0.1, -0.05) is 0 Å². The fourth-order valence-electron chi connectivity index (χ4n) is 3.49. The lowest BCUT2D eigenvalue weighted by Gasteiger charge is -2.40. The SMILES string of the molecule is CCS(=O)(=O)Nc1ccc(C(=O)N2CCC(N3CCOCC3)CC2)cc1.O=C(O)C(F)(F)F. The second-order valence-corrected chi connectivity index (χ2v) is 9.57. The predicted octanol–water partition coefficient (Wildman–Crippen LogP) is 2.02. The molecule has 0 aliphatic carbocycles. The highest BCUT2D eigenvalue weighted by atomic mass is 32.2. The van der Waals surface area contributed by atoms with E-state index in [2.05, 4.69) is 9.62 Å². The van der Waals surface area contributed by atoms with E-state index in [4.69, 9.17) is 14.6 Å². The molecule has 0 unspecified atom stereocenters. The molecule has 2 N–H and O–H groups in total. The van der Waals surface area contributed by atoms with Gasteiger partial charge in [-0.25, -0.2) is 13.2 Å². The van der Waals surface area contributed by atoms with Crippen LogP contribution < -0.4 is 4.72 Å². The van der Waals surface area contributed by atoms with Crippen molar-refractivity contribution in [2.75, 3.05) is 49.9 Å². The lowest BCUT2D eigenvalue weighted by atomic mass is 10.0. The van der Waals surface area contributed by atoms with Crippen molar-refractivity contribution in [1.82, 2.24) is 9.80 Å². The Balaban J connectivity index is 0.000000479. The number of carboxylic acids is 1. The van der Waals surface area contributed by atoms with E-state index in [0.717, 1.165) is 52.2 Å². The molecule has 1 aromatic rings. The maximum absolute atomic E-state index is 12.7. The van der Waals surface area contributed by atoms with Crippen molar-refractivity contribution < 1.29 is 41.0 Å². The van der Waals surface area contributed by atoms with Crippen LogP contribution in [0.4, 0.5) is 18.9 Å². The normalized spacial score (nSPS) is 18.2. The molecule has 2 fully saturated rings. The molecule has 2 saturated heterocycles. The molecular weight excluding hydrogens is 467 g/mol. The van der Waals surface area contributed by atoms with Gasteiger partial charge in [0.05, 0.1) is 19.0 Å². The van der Waals surface area contributed by atoms with Crippen molar-refractivity contribution in [3.8, 4) is 0 Å². The molecule has 1 aromatic carbocycles. The van der Waals surface area contributed by atoms with Crippen LogP contribution in [0.3, 0.4) is 0 Å². The minimum absolute atomic E-state index is 0.00956. The first-order chi connectivity index (χ1) is 15.4. The van der Waals surface area contributed by atoms with E-state index in [-0.39, 0.29) is 11.7 Å². The van der Waals surface area contributed by atoms with Gasteiger partial charge in [-0.2, -0.15) is 13.2 Å². The van der Waals surface area contributed by atoms with E-state index < -0.39 is 22.2 Å². The van der Waals surface area contributed by atoms with Gasteiger partial charge in [-0.15, -0.1) is 0 Å². The van der Waals surface area contributed by atoms with Crippen LogP contribution in [0.25, 0.3) is 0 Å². The zero-order valence-corrected chi connectivity index (χ0v) is 19.0. The lowest BCUT2D eigenvalue weighted by molar-refractivity contribution is -0.192. The number of likely N-dealkylation sites (tertiary alicyclic amines) is 1. The van der Waals surface area contributed by atoms with Crippen molar-refractivity contribution in [2.24, 2.45) is 0 Å². The second kappa shape index (κ2) is 11.7. The largest absolute Gasteiger partial charge is 0.490 e. The first-order valence-electron chi connectivity index (χ1n) is 10.4. The number of amides is 1. The number of hydrogen-bond acceptors (Lipinski definition) is 6. The van der Waals surface area contributed by atoms with Gasteiger partial charge in [0, 0.05) is 43.5 Å². The fraction of sp³-hybridized carbons (Fsp3) is 0.600. The zero-order chi connectivity index (χ0) is 24.6. The smallest absolute Gasteiger partial charge is 0.475 e. The van der Waals surface area contributed by atoms with Gasteiger partial charge < -0.3 is 14.7 Å². The van der Waals surface area contributed by atoms with Crippen LogP contribution in [-0.2, 0) is 19.6 Å². The molecule has 0 radical (unpaired) electrons. The second-order valence-electron chi connectivity index (χ2n) is 7.56. The number of sulfonamides is 1. The molecule has 13 heteroatoms. The van der Waals surface area contributed by atoms with Crippen LogP contribution in [0, 0.1) is 0 Å². The number of aliphatic carboxylic acids is 1. The Kier molecular flexibility index (Phi) is 9.49. The van der Waals surface area contributed by atoms with E-state index >= 15 is 0 Å². The number of alkyl halides is 3. The van der Waals surface area contributed by atoms with E-state index in [1.807, 2.05) is 4.90 Å². The summed E-state index contributed by atoms with van der Waals surface area (Å²) in [5, 5.41) is 7.12. The monoisotopic (exact) mass is 495 g/mol. The molecule has 2 aliphatic heterocycles. The summed E-state index contributed by atoms with van der Waals surface area (Å²) in [6.45, 7) is 6.65. The van der Waals surface area contributed by atoms with Gasteiger partial charge in [0.15, 0.2) is 0 Å². The number of piperidine rings is 1. The third-order valence-electron chi connectivity index (χ3n) is 5.34. The van der Waals surface area contributed by atoms with Gasteiger partial charge in [0.25, 0.3) is 5.91 Å². The van der Waals surface area contributed by atoms with E-state index in [1.54, 1.807) is 31.2 Å². The number of carbonyl (C=O) groups excluding carboxylic acids is 1. The van der Waals surface area contributed by atoms with E-state index in [1.165, 1.54) is 0 Å². The number of carbonyl (C=O) groups is 2. The average molecular weight is 496 g/mol. The highest BCUT2D eigenvalue weighted by molar-refractivity contribution is 7.92. The molecule has 0 spiro atoms. The zero-order valence-electron chi connectivity index (χ0n) is 18.2. The minimum Gasteiger partial charge on any atom is -0.475 e. The van der Waals surface area contributed by atoms with Crippen molar-refractivity contribution in [3.63, 3.8) is 0 Å². The molecule has 2 heterocycles. The number of rotatable bonds is 5. The number of nitrogens with one attached hydrogen (secondary N) is 1. The summed E-state index contributed by atoms with van der Waals surface area (Å²) in [4.78, 5) is 25.9. The molecule has 2 aliphatic rings. The van der Waals surface area contributed by atoms with Crippen LogP contribution in [0.2, 0.25) is 0 Å². The van der Waals surface area contributed by atoms with Crippen molar-refractivity contribution in [1.29, 1.82) is 0 Å². The summed E-state index contributed by atoms with van der Waals surface area (Å²) >= 11 is 0. The minimum atomic E-state index is -5.08. The number of hydrogen-bond donors (Lipinski definition) is 2. The molecule has 33 heavy (non-hydrogen) atoms. The number of morpholine rings is 1. The van der Waals surface area contributed by atoms with Gasteiger partial charge >= 0.3 is 12.1 Å². The van der Waals surface area contributed by atoms with Crippen LogP contribution in [0.1, 0.15) is 30.1 Å². The fourth-order valence-corrected chi connectivity index (χ4v) is 4.13. The number of carboxylic acid groups (broad SMARTS) is 1. The Bertz CT molecular complexity index is 895. The summed E-state index contributed by atoms with van der Waals surface area (Å²) in [5.74, 6) is -2.73. The molecule has 0 saturated carbocycles. The Labute approximate surface area is 190 Å². The summed E-state index contributed by atoms with van der Waals surface area (Å²) in [6, 6.07) is 7.18. The number of ether oxygens (including phenoxy) is 1. The number of nitrogens with zero attached hydrogens (tertiary/aromatic N) is 2. The molecule has 3 rings (SSSR count). The molecule has 0 atom stereocenters. The topological polar surface area (TPSA) is 116 Å². The van der Waals surface area contributed by atoms with E-state index in [9.17, 15) is 26.4 Å². The van der Waals surface area contributed by atoms with Crippen molar-refractivity contribution in [3.05, 3.63) is 29.8 Å². The van der Waals surface area contributed by atoms with Crippen molar-refractivity contribution in [2.45, 2.75) is 32.0 Å². The number of benzene rings is 1. The van der Waals surface area contributed by atoms with Crippen LogP contribution in [0.15, 0.2) is 24.3 Å². The quantitative estimate of drug-likeness (QED) is 0.642. The van der Waals surface area contributed by atoms with Crippen molar-refractivity contribution >= 4 is 27.6 Å². The Morgan fingerprint density at radius 2 is 1.61 bits per heavy atom. The predicted molar refractivity (Wildman–Crippen MR) is 115 cm³/mol. The maximum Gasteiger partial charge on any atom is 0.490 e. The van der Waals surface area contributed by atoms with Crippen LogP contribution in [-0.4, -0.2) is 92.6 Å². The number of anilines is 1.